The second kappa shape index (κ2) is 13.4. The summed E-state index contributed by atoms with van der Waals surface area (Å²) in [7, 11) is 1.85. The van der Waals surface area contributed by atoms with Gasteiger partial charge < -0.3 is 20.3 Å². The molecular formula is C22H39IN4O. The summed E-state index contributed by atoms with van der Waals surface area (Å²) in [6, 6.07) is 9.29. The molecule has 2 rings (SSSR count). The highest BCUT2D eigenvalue weighted by atomic mass is 127. The van der Waals surface area contributed by atoms with Crippen LogP contribution in [0.25, 0.3) is 0 Å². The maximum absolute atomic E-state index is 5.66. The summed E-state index contributed by atoms with van der Waals surface area (Å²) in [6.07, 6.45) is 2.62. The monoisotopic (exact) mass is 502 g/mol. The first-order chi connectivity index (χ1) is 13.0. The second-order valence-electron chi connectivity index (χ2n) is 7.94. The van der Waals surface area contributed by atoms with Gasteiger partial charge in [0.25, 0.3) is 0 Å². The number of hydrogen-bond donors (Lipinski definition) is 2. The molecule has 1 aromatic rings. The zero-order chi connectivity index (χ0) is 19.6. The van der Waals surface area contributed by atoms with E-state index in [1.165, 1.54) is 11.1 Å². The Hall–Kier alpha value is -0.860. The summed E-state index contributed by atoms with van der Waals surface area (Å²) in [4.78, 5) is 6.91. The minimum atomic E-state index is 0. The Balaban J connectivity index is 0.00000392. The summed E-state index contributed by atoms with van der Waals surface area (Å²) in [5.41, 5.74) is 2.67. The van der Waals surface area contributed by atoms with Gasteiger partial charge in [-0.05, 0) is 45.1 Å². The normalized spacial score (nSPS) is 17.3. The lowest BCUT2D eigenvalue weighted by atomic mass is 10.00. The molecule has 1 aliphatic heterocycles. The van der Waals surface area contributed by atoms with Crippen LogP contribution in [0.3, 0.4) is 0 Å². The smallest absolute Gasteiger partial charge is 0.191 e. The van der Waals surface area contributed by atoms with Gasteiger partial charge in [0.1, 0.15) is 0 Å². The number of halogens is 1. The van der Waals surface area contributed by atoms with Gasteiger partial charge in [0.05, 0.1) is 12.7 Å². The zero-order valence-electron chi connectivity index (χ0n) is 18.2. The van der Waals surface area contributed by atoms with Gasteiger partial charge in [-0.3, -0.25) is 4.99 Å². The first kappa shape index (κ1) is 25.2. The van der Waals surface area contributed by atoms with E-state index in [-0.39, 0.29) is 24.0 Å². The molecule has 0 aromatic heterocycles. The van der Waals surface area contributed by atoms with Gasteiger partial charge >= 0.3 is 0 Å². The van der Waals surface area contributed by atoms with Crippen LogP contribution in [0.1, 0.15) is 50.7 Å². The van der Waals surface area contributed by atoms with Crippen molar-refractivity contribution in [3.8, 4) is 0 Å². The lowest BCUT2D eigenvalue weighted by Crippen LogP contribution is -2.49. The maximum Gasteiger partial charge on any atom is 0.191 e. The molecule has 1 saturated heterocycles. The molecule has 1 unspecified atom stereocenters. The first-order valence-corrected chi connectivity index (χ1v) is 10.4. The summed E-state index contributed by atoms with van der Waals surface area (Å²) in [5.74, 6) is 1.36. The van der Waals surface area contributed by atoms with Crippen molar-refractivity contribution in [3.63, 3.8) is 0 Å². The van der Waals surface area contributed by atoms with Gasteiger partial charge in [0, 0.05) is 39.3 Å². The fraction of sp³-hybridized carbons (Fsp3) is 0.682. The molecule has 0 aliphatic carbocycles. The van der Waals surface area contributed by atoms with E-state index in [9.17, 15) is 0 Å². The van der Waals surface area contributed by atoms with Crippen molar-refractivity contribution in [2.24, 2.45) is 4.99 Å². The molecule has 1 aromatic carbocycles. The largest absolute Gasteiger partial charge is 0.377 e. The van der Waals surface area contributed by atoms with E-state index < -0.39 is 0 Å². The van der Waals surface area contributed by atoms with E-state index in [4.69, 9.17) is 4.74 Å². The van der Waals surface area contributed by atoms with Crippen LogP contribution in [-0.4, -0.2) is 62.8 Å². The number of aryl methyl sites for hydroxylation is 1. The van der Waals surface area contributed by atoms with Crippen molar-refractivity contribution in [3.05, 3.63) is 35.4 Å². The average molecular weight is 502 g/mol. The molecule has 0 saturated carbocycles. The quantitative estimate of drug-likeness (QED) is 0.323. The van der Waals surface area contributed by atoms with Gasteiger partial charge in [-0.25, -0.2) is 0 Å². The molecule has 1 atom stereocenters. The molecule has 1 heterocycles. The Morgan fingerprint density at radius 3 is 2.39 bits per heavy atom. The minimum absolute atomic E-state index is 0. The Bertz CT molecular complexity index is 568. The highest BCUT2D eigenvalue weighted by Gasteiger charge is 2.20. The molecule has 1 fully saturated rings. The van der Waals surface area contributed by atoms with Crippen LogP contribution in [0.4, 0.5) is 0 Å². The summed E-state index contributed by atoms with van der Waals surface area (Å²) < 4.78 is 5.66. The number of ether oxygens (including phenoxy) is 1. The van der Waals surface area contributed by atoms with Gasteiger partial charge in [-0.1, -0.05) is 36.8 Å². The van der Waals surface area contributed by atoms with E-state index in [2.05, 4.69) is 72.5 Å². The maximum atomic E-state index is 5.66. The van der Waals surface area contributed by atoms with Crippen molar-refractivity contribution in [2.75, 3.05) is 39.8 Å². The molecule has 28 heavy (non-hydrogen) atoms. The standard InChI is InChI=1S/C22H38N4O.HI/c1-17(2)27-15-14-26-12-10-21(11-13-26)25-22(23-5)24-16-19(4)20-8-6-18(3)7-9-20;/h6-9,17,19,21H,10-16H2,1-5H3,(H2,23,24,25);1H. The predicted octanol–water partition coefficient (Wildman–Crippen LogP) is 3.77. The molecule has 1 aliphatic rings. The third kappa shape index (κ3) is 9.09. The first-order valence-electron chi connectivity index (χ1n) is 10.4. The molecule has 6 heteroatoms. The van der Waals surface area contributed by atoms with E-state index in [1.807, 2.05) is 7.05 Å². The van der Waals surface area contributed by atoms with E-state index >= 15 is 0 Å². The summed E-state index contributed by atoms with van der Waals surface area (Å²) in [6.45, 7) is 13.6. The Morgan fingerprint density at radius 1 is 1.18 bits per heavy atom. The van der Waals surface area contributed by atoms with E-state index in [0.717, 1.165) is 51.6 Å². The van der Waals surface area contributed by atoms with Gasteiger partial charge in [0.2, 0.25) is 0 Å². The number of likely N-dealkylation sites (tertiary alicyclic amines) is 1. The van der Waals surface area contributed by atoms with Crippen molar-refractivity contribution in [1.82, 2.24) is 15.5 Å². The average Bonchev–Trinajstić information content (AvgIpc) is 2.66. The molecule has 0 spiro atoms. The predicted molar refractivity (Wildman–Crippen MR) is 130 cm³/mol. The van der Waals surface area contributed by atoms with Crippen LogP contribution in [0.5, 0.6) is 0 Å². The molecule has 0 amide bonds. The van der Waals surface area contributed by atoms with Gasteiger partial charge in [0.15, 0.2) is 5.96 Å². The van der Waals surface area contributed by atoms with Crippen LogP contribution >= 0.6 is 24.0 Å². The van der Waals surface area contributed by atoms with Crippen LogP contribution in [0, 0.1) is 6.92 Å². The van der Waals surface area contributed by atoms with Gasteiger partial charge in [-0.15, -0.1) is 24.0 Å². The van der Waals surface area contributed by atoms with E-state index in [1.54, 1.807) is 0 Å². The number of aliphatic imine (C=N–C) groups is 1. The van der Waals surface area contributed by atoms with Crippen molar-refractivity contribution in [2.45, 2.75) is 58.6 Å². The van der Waals surface area contributed by atoms with Crippen molar-refractivity contribution >= 4 is 29.9 Å². The summed E-state index contributed by atoms with van der Waals surface area (Å²) >= 11 is 0. The number of nitrogens with one attached hydrogen (secondary N) is 2. The number of guanidine groups is 1. The third-order valence-corrected chi connectivity index (χ3v) is 5.23. The van der Waals surface area contributed by atoms with Crippen LogP contribution < -0.4 is 10.6 Å². The number of piperidine rings is 1. The third-order valence-electron chi connectivity index (χ3n) is 5.23. The lowest BCUT2D eigenvalue weighted by molar-refractivity contribution is 0.0532. The molecule has 0 bridgehead atoms. The number of rotatable bonds is 8. The zero-order valence-corrected chi connectivity index (χ0v) is 20.5. The highest BCUT2D eigenvalue weighted by Crippen LogP contribution is 2.15. The topological polar surface area (TPSA) is 48.9 Å². The lowest BCUT2D eigenvalue weighted by Gasteiger charge is -2.33. The SMILES string of the molecule is CN=C(NCC(C)c1ccc(C)cc1)NC1CCN(CCOC(C)C)CC1.I. The van der Waals surface area contributed by atoms with Crippen LogP contribution in [-0.2, 0) is 4.74 Å². The fourth-order valence-corrected chi connectivity index (χ4v) is 3.37. The highest BCUT2D eigenvalue weighted by molar-refractivity contribution is 14.0. The van der Waals surface area contributed by atoms with Crippen molar-refractivity contribution in [1.29, 1.82) is 0 Å². The van der Waals surface area contributed by atoms with Gasteiger partial charge in [-0.2, -0.15) is 0 Å². The van der Waals surface area contributed by atoms with Crippen molar-refractivity contribution < 1.29 is 4.74 Å². The molecule has 2 N–H and O–H groups in total. The Morgan fingerprint density at radius 2 is 1.82 bits per heavy atom. The van der Waals surface area contributed by atoms with E-state index in [0.29, 0.717) is 18.1 Å². The number of hydrogen-bond acceptors (Lipinski definition) is 3. The Kier molecular flexibility index (Phi) is 12.0. The number of benzene rings is 1. The molecule has 160 valence electrons. The molecular weight excluding hydrogens is 463 g/mol. The fourth-order valence-electron chi connectivity index (χ4n) is 3.37. The molecule has 0 radical (unpaired) electrons. The minimum Gasteiger partial charge on any atom is -0.377 e. The Labute approximate surface area is 188 Å². The van der Waals surface area contributed by atoms with Crippen LogP contribution in [0.2, 0.25) is 0 Å². The van der Waals surface area contributed by atoms with Crippen LogP contribution in [0.15, 0.2) is 29.3 Å². The summed E-state index contributed by atoms with van der Waals surface area (Å²) in [5, 5.41) is 7.09. The molecule has 5 nitrogen and oxygen atoms in total. The second-order valence-corrected chi connectivity index (χ2v) is 7.94. The number of nitrogens with zero attached hydrogens (tertiary/aromatic N) is 2.